The first-order chi connectivity index (χ1) is 17.6. The van der Waals surface area contributed by atoms with Gasteiger partial charge < -0.3 is 9.64 Å². The molecule has 3 aromatic carbocycles. The zero-order valence-electron chi connectivity index (χ0n) is 21.3. The number of ether oxygens (including phenoxy) is 1. The van der Waals surface area contributed by atoms with Crippen LogP contribution in [0.5, 0.6) is 0 Å². The van der Waals surface area contributed by atoms with Gasteiger partial charge in [0.05, 0.1) is 23.6 Å². The van der Waals surface area contributed by atoms with Crippen molar-refractivity contribution in [2.24, 2.45) is 0 Å². The summed E-state index contributed by atoms with van der Waals surface area (Å²) in [5.74, 6) is -0.862. The Bertz CT molecular complexity index is 1530. The minimum absolute atomic E-state index is 0.0837. The lowest BCUT2D eigenvalue weighted by atomic mass is 9.99. The fourth-order valence-corrected chi connectivity index (χ4v) is 6.09. The third-order valence-electron chi connectivity index (χ3n) is 6.62. The number of para-hydroxylation sites is 1. The van der Waals surface area contributed by atoms with Crippen LogP contribution in [0.3, 0.4) is 0 Å². The molecule has 0 bridgehead atoms. The van der Waals surface area contributed by atoms with E-state index in [-0.39, 0.29) is 17.2 Å². The van der Waals surface area contributed by atoms with Crippen LogP contribution in [-0.4, -0.2) is 42.3 Å². The average Bonchev–Trinajstić information content (AvgIpc) is 3.27. The van der Waals surface area contributed by atoms with Gasteiger partial charge in [-0.25, -0.2) is 17.2 Å². The molecule has 4 rings (SSSR count). The summed E-state index contributed by atoms with van der Waals surface area (Å²) in [5, 5.41) is 0.683. The number of aromatic nitrogens is 1. The predicted molar refractivity (Wildman–Crippen MR) is 143 cm³/mol. The first kappa shape index (κ1) is 26.2. The smallest absolute Gasteiger partial charge is 0.328 e. The third kappa shape index (κ3) is 5.15. The second-order valence-electron chi connectivity index (χ2n) is 9.04. The van der Waals surface area contributed by atoms with Gasteiger partial charge in [-0.15, -0.1) is 0 Å². The number of methoxy groups -OCH3 is 1. The molecule has 2 atom stereocenters. The summed E-state index contributed by atoms with van der Waals surface area (Å²) in [6.07, 6.45) is 1.63. The molecule has 0 fully saturated rings. The standard InChI is InChI=1S/C29H30N2O5S/c1-20-14-16-25(17-15-20)37(34,35)30-19-24(26-12-8-9-13-27(26)30)18-28(29(33)36-4)31(22(3)32)21(2)23-10-6-5-7-11-23/h5-17,19,21,28H,18H2,1-4H3/t21-,28+/m1/s1. The van der Waals surface area contributed by atoms with E-state index >= 15 is 0 Å². The summed E-state index contributed by atoms with van der Waals surface area (Å²) >= 11 is 0. The number of amides is 1. The van der Waals surface area contributed by atoms with Crippen LogP contribution in [0.1, 0.15) is 36.6 Å². The Hall–Kier alpha value is -3.91. The number of fused-ring (bicyclic) bond motifs is 1. The summed E-state index contributed by atoms with van der Waals surface area (Å²) in [5.41, 5.74) is 2.94. The first-order valence-electron chi connectivity index (χ1n) is 12.0. The fraction of sp³-hybridized carbons (Fsp3) is 0.241. The van der Waals surface area contributed by atoms with Gasteiger partial charge in [-0.2, -0.15) is 0 Å². The van der Waals surface area contributed by atoms with Crippen LogP contribution >= 0.6 is 0 Å². The minimum Gasteiger partial charge on any atom is -0.467 e. The Morgan fingerprint density at radius 2 is 1.57 bits per heavy atom. The average molecular weight is 519 g/mol. The van der Waals surface area contributed by atoms with E-state index in [0.29, 0.717) is 16.5 Å². The maximum atomic E-state index is 13.6. The maximum absolute atomic E-state index is 13.6. The van der Waals surface area contributed by atoms with Crippen LogP contribution in [0.4, 0.5) is 0 Å². The van der Waals surface area contributed by atoms with Gasteiger partial charge in [0.15, 0.2) is 0 Å². The quantitative estimate of drug-likeness (QED) is 0.310. The summed E-state index contributed by atoms with van der Waals surface area (Å²) in [4.78, 5) is 27.6. The van der Waals surface area contributed by atoms with Gasteiger partial charge in [-0.1, -0.05) is 66.2 Å². The highest BCUT2D eigenvalue weighted by Crippen LogP contribution is 2.30. The summed E-state index contributed by atoms with van der Waals surface area (Å²) in [7, 11) is -2.62. The first-order valence-corrected chi connectivity index (χ1v) is 13.4. The van der Waals surface area contributed by atoms with Crippen LogP contribution in [0.15, 0.2) is 90.0 Å². The van der Waals surface area contributed by atoms with E-state index < -0.39 is 28.1 Å². The maximum Gasteiger partial charge on any atom is 0.328 e. The van der Waals surface area contributed by atoms with Crippen molar-refractivity contribution in [2.75, 3.05) is 7.11 Å². The number of hydrogen-bond acceptors (Lipinski definition) is 5. The number of aryl methyl sites for hydroxylation is 1. The highest BCUT2D eigenvalue weighted by atomic mass is 32.2. The van der Waals surface area contributed by atoms with Gasteiger partial charge >= 0.3 is 5.97 Å². The molecule has 192 valence electrons. The van der Waals surface area contributed by atoms with Gasteiger partial charge in [0.25, 0.3) is 10.0 Å². The normalized spacial score (nSPS) is 13.2. The molecule has 37 heavy (non-hydrogen) atoms. The van der Waals surface area contributed by atoms with E-state index in [4.69, 9.17) is 4.74 Å². The number of carbonyl (C=O) groups excluding carboxylic acids is 2. The molecule has 0 aliphatic carbocycles. The van der Waals surface area contributed by atoms with E-state index in [1.54, 1.807) is 42.6 Å². The molecule has 0 saturated heterocycles. The van der Waals surface area contributed by atoms with Gasteiger partial charge in [0.1, 0.15) is 6.04 Å². The molecule has 1 amide bonds. The molecule has 8 heteroatoms. The number of esters is 1. The van der Waals surface area contributed by atoms with Crippen molar-refractivity contribution in [3.05, 3.63) is 102 Å². The lowest BCUT2D eigenvalue weighted by molar-refractivity contribution is -0.154. The van der Waals surface area contributed by atoms with Crippen LogP contribution in [-0.2, 0) is 30.8 Å². The molecule has 7 nitrogen and oxygen atoms in total. The molecule has 0 aliphatic rings. The van der Waals surface area contributed by atoms with Crippen LogP contribution in [0.2, 0.25) is 0 Å². The topological polar surface area (TPSA) is 85.7 Å². The van der Waals surface area contributed by atoms with Crippen molar-refractivity contribution in [1.82, 2.24) is 8.87 Å². The van der Waals surface area contributed by atoms with Crippen LogP contribution in [0.25, 0.3) is 10.9 Å². The Morgan fingerprint density at radius 1 is 0.946 bits per heavy atom. The second kappa shape index (κ2) is 10.6. The Kier molecular flexibility index (Phi) is 7.50. The van der Waals surface area contributed by atoms with Crippen molar-refractivity contribution >= 4 is 32.8 Å². The molecule has 1 aromatic heterocycles. The molecule has 1 heterocycles. The summed E-state index contributed by atoms with van der Waals surface area (Å²) < 4.78 is 33.5. The van der Waals surface area contributed by atoms with E-state index in [1.807, 2.05) is 56.3 Å². The number of benzene rings is 3. The van der Waals surface area contributed by atoms with Gasteiger partial charge in [-0.05, 0) is 43.2 Å². The van der Waals surface area contributed by atoms with Crippen molar-refractivity contribution in [2.45, 2.75) is 44.2 Å². The zero-order valence-corrected chi connectivity index (χ0v) is 22.1. The molecule has 0 N–H and O–H groups in total. The van der Waals surface area contributed by atoms with E-state index in [0.717, 1.165) is 11.1 Å². The van der Waals surface area contributed by atoms with Crippen molar-refractivity contribution < 1.29 is 22.7 Å². The molecule has 0 unspecified atom stereocenters. The van der Waals surface area contributed by atoms with Gasteiger partial charge in [-0.3, -0.25) is 4.79 Å². The van der Waals surface area contributed by atoms with Crippen molar-refractivity contribution in [3.63, 3.8) is 0 Å². The Labute approximate surface area is 217 Å². The van der Waals surface area contributed by atoms with E-state index in [9.17, 15) is 18.0 Å². The monoisotopic (exact) mass is 518 g/mol. The van der Waals surface area contributed by atoms with Crippen LogP contribution in [0, 0.1) is 6.92 Å². The molecule has 0 spiro atoms. The molecule has 0 aliphatic heterocycles. The van der Waals surface area contributed by atoms with E-state index in [2.05, 4.69) is 0 Å². The van der Waals surface area contributed by atoms with Crippen molar-refractivity contribution in [1.29, 1.82) is 0 Å². The van der Waals surface area contributed by atoms with Gasteiger partial charge in [0.2, 0.25) is 5.91 Å². The lowest BCUT2D eigenvalue weighted by Gasteiger charge is -2.34. The molecule has 0 saturated carbocycles. The highest BCUT2D eigenvalue weighted by molar-refractivity contribution is 7.90. The molecular weight excluding hydrogens is 488 g/mol. The third-order valence-corrected chi connectivity index (χ3v) is 8.31. The van der Waals surface area contributed by atoms with Gasteiger partial charge in [0, 0.05) is 24.9 Å². The molecule has 4 aromatic rings. The lowest BCUT2D eigenvalue weighted by Crippen LogP contribution is -2.47. The van der Waals surface area contributed by atoms with Crippen LogP contribution < -0.4 is 0 Å². The zero-order chi connectivity index (χ0) is 26.7. The number of carbonyl (C=O) groups is 2. The highest BCUT2D eigenvalue weighted by Gasteiger charge is 2.34. The number of nitrogens with zero attached hydrogens (tertiary/aromatic N) is 2. The minimum atomic E-state index is -3.90. The largest absolute Gasteiger partial charge is 0.467 e. The number of hydrogen-bond donors (Lipinski definition) is 0. The SMILES string of the molecule is COC(=O)[C@H](Cc1cn(S(=O)(=O)c2ccc(C)cc2)c2ccccc12)N(C(C)=O)[C@H](C)c1ccccc1. The molecular formula is C29H30N2O5S. The Morgan fingerprint density at radius 3 is 2.19 bits per heavy atom. The second-order valence-corrected chi connectivity index (χ2v) is 10.9. The molecule has 0 radical (unpaired) electrons. The summed E-state index contributed by atoms with van der Waals surface area (Å²) in [6, 6.07) is 21.9. The number of rotatable bonds is 8. The Balaban J connectivity index is 1.81. The predicted octanol–water partition coefficient (Wildman–Crippen LogP) is 4.88. The summed E-state index contributed by atoms with van der Waals surface area (Å²) in [6.45, 7) is 5.17. The fourth-order valence-electron chi connectivity index (χ4n) is 4.70. The van der Waals surface area contributed by atoms with E-state index in [1.165, 1.54) is 22.9 Å². The van der Waals surface area contributed by atoms with Crippen molar-refractivity contribution in [3.8, 4) is 0 Å².